The molecule has 1 aliphatic heterocycles. The topological polar surface area (TPSA) is 231 Å². The molecule has 356 valence electrons. The number of carbonyl (C=O) groups is 3. The number of phosphoric ester groups is 1. The number of hydrogen-bond acceptors (Lipinski definition) is 17. The summed E-state index contributed by atoms with van der Waals surface area (Å²) < 4.78 is 66.1. The van der Waals surface area contributed by atoms with Gasteiger partial charge < -0.3 is 34.2 Å². The molecule has 2 N–H and O–H groups in total. The van der Waals surface area contributed by atoms with E-state index in [1.165, 1.54) is 87.5 Å². The third-order valence-electron chi connectivity index (χ3n) is 10.3. The lowest BCUT2D eigenvalue weighted by molar-refractivity contribution is -0.173. The number of nitriles is 1. The van der Waals surface area contributed by atoms with Gasteiger partial charge in [-0.3, -0.25) is 18.6 Å². The van der Waals surface area contributed by atoms with Gasteiger partial charge in [0.1, 0.15) is 24.0 Å². The highest BCUT2D eigenvalue weighted by Crippen LogP contribution is 2.51. The van der Waals surface area contributed by atoms with E-state index in [4.69, 9.17) is 47.7 Å². The summed E-state index contributed by atoms with van der Waals surface area (Å²) in [6.07, 6.45) is 13.1. The molecule has 2 aromatic rings. The number of rotatable bonds is 32. The fraction of sp³-hybridized carbons (Fsp3) is 0.773. The maximum Gasteiger partial charge on any atom is 0.510 e. The molecule has 1 fully saturated rings. The fourth-order valence-corrected chi connectivity index (χ4v) is 7.90. The molecule has 18 nitrogen and oxygen atoms in total. The van der Waals surface area contributed by atoms with Crippen LogP contribution in [0.4, 0.5) is 10.6 Å². The van der Waals surface area contributed by atoms with E-state index < -0.39 is 81.2 Å². The molecule has 0 unspecified atom stereocenters. The molecular weight excluding hydrogens is 837 g/mol. The van der Waals surface area contributed by atoms with Crippen molar-refractivity contribution < 1.29 is 60.9 Å². The minimum atomic E-state index is -4.60. The first-order valence-corrected chi connectivity index (χ1v) is 24.2. The van der Waals surface area contributed by atoms with Gasteiger partial charge in [0, 0.05) is 13.2 Å². The second-order valence-electron chi connectivity index (χ2n) is 16.7. The lowest BCUT2D eigenvalue weighted by Crippen LogP contribution is -2.47. The normalized spacial score (nSPS) is 19.7. The smallest absolute Gasteiger partial charge is 0.455 e. The Hall–Kier alpha value is -3.85. The number of nitrogens with two attached hydrogens (primary N) is 1. The van der Waals surface area contributed by atoms with E-state index >= 15 is 0 Å². The van der Waals surface area contributed by atoms with Crippen molar-refractivity contribution in [3.8, 4) is 6.07 Å². The van der Waals surface area contributed by atoms with Gasteiger partial charge in [0.05, 0.1) is 36.8 Å². The molecule has 0 amide bonds. The fourth-order valence-electron chi connectivity index (χ4n) is 6.81. The van der Waals surface area contributed by atoms with Gasteiger partial charge in [0.2, 0.25) is 12.4 Å². The molecule has 0 saturated carbocycles. The zero-order valence-electron chi connectivity index (χ0n) is 38.5. The number of ether oxygens (including phenoxy) is 6. The highest BCUT2D eigenvalue weighted by Gasteiger charge is 2.63. The van der Waals surface area contributed by atoms with Crippen LogP contribution in [0.5, 0.6) is 0 Å². The van der Waals surface area contributed by atoms with Gasteiger partial charge in [0.15, 0.2) is 18.0 Å². The van der Waals surface area contributed by atoms with Crippen LogP contribution in [0.1, 0.15) is 150 Å². The number of esters is 2. The predicted molar refractivity (Wildman–Crippen MR) is 233 cm³/mol. The average molecular weight is 910 g/mol. The first-order valence-electron chi connectivity index (χ1n) is 22.7. The highest BCUT2D eigenvalue weighted by molar-refractivity contribution is 7.48. The number of carbonyl (C=O) groups excluding carboxylic acids is 3. The van der Waals surface area contributed by atoms with Gasteiger partial charge in [-0.05, 0) is 38.8 Å². The van der Waals surface area contributed by atoms with Crippen molar-refractivity contribution in [1.82, 2.24) is 14.6 Å². The maximum absolute atomic E-state index is 14.1. The second kappa shape index (κ2) is 28.1. The van der Waals surface area contributed by atoms with Crippen LogP contribution in [0.2, 0.25) is 0 Å². The molecule has 0 bridgehead atoms. The largest absolute Gasteiger partial charge is 0.510 e. The maximum atomic E-state index is 14.1. The Morgan fingerprint density at radius 2 is 1.41 bits per heavy atom. The summed E-state index contributed by atoms with van der Waals surface area (Å²) in [4.78, 5) is 42.5. The van der Waals surface area contributed by atoms with Crippen LogP contribution in [-0.4, -0.2) is 90.3 Å². The summed E-state index contributed by atoms with van der Waals surface area (Å²) in [7, 11) is -4.60. The summed E-state index contributed by atoms with van der Waals surface area (Å²) >= 11 is 0. The van der Waals surface area contributed by atoms with Gasteiger partial charge in [0.25, 0.3) is 0 Å². The Kier molecular flexibility index (Phi) is 23.9. The molecule has 19 heteroatoms. The summed E-state index contributed by atoms with van der Waals surface area (Å²) in [6, 6.07) is 5.16. The van der Waals surface area contributed by atoms with Gasteiger partial charge in [-0.15, -0.1) is 0 Å². The molecule has 1 saturated heterocycles. The summed E-state index contributed by atoms with van der Waals surface area (Å²) in [5, 5.41) is 15.1. The highest BCUT2D eigenvalue weighted by atomic mass is 31.2. The van der Waals surface area contributed by atoms with Crippen LogP contribution in [-0.2, 0) is 61.7 Å². The van der Waals surface area contributed by atoms with E-state index in [-0.39, 0.29) is 18.1 Å². The monoisotopic (exact) mass is 909 g/mol. The number of unbranched alkanes of at least 4 members (excludes halogenated alkanes) is 13. The van der Waals surface area contributed by atoms with Crippen LogP contribution in [0.15, 0.2) is 18.5 Å². The number of aromatic nitrogens is 3. The van der Waals surface area contributed by atoms with Gasteiger partial charge in [-0.1, -0.05) is 118 Å². The Balaban J connectivity index is 1.66. The minimum Gasteiger partial charge on any atom is -0.455 e. The van der Waals surface area contributed by atoms with Crippen molar-refractivity contribution in [2.24, 2.45) is 11.8 Å². The summed E-state index contributed by atoms with van der Waals surface area (Å²) in [5.41, 5.74) is 4.31. The van der Waals surface area contributed by atoms with Crippen LogP contribution >= 0.6 is 7.82 Å². The molecule has 5 atom stereocenters. The van der Waals surface area contributed by atoms with E-state index in [1.54, 1.807) is 47.6 Å². The molecule has 63 heavy (non-hydrogen) atoms. The first kappa shape index (κ1) is 53.5. The Bertz CT molecular complexity index is 1770. The van der Waals surface area contributed by atoms with Crippen molar-refractivity contribution in [3.63, 3.8) is 0 Å². The lowest BCUT2D eigenvalue weighted by Gasteiger charge is -2.29. The first-order chi connectivity index (χ1) is 30.2. The quantitative estimate of drug-likeness (QED) is 0.0237. The molecule has 0 aliphatic carbocycles. The van der Waals surface area contributed by atoms with Gasteiger partial charge >= 0.3 is 25.9 Å². The van der Waals surface area contributed by atoms with Crippen molar-refractivity contribution in [2.45, 2.75) is 175 Å². The Labute approximate surface area is 373 Å². The molecule has 3 heterocycles. The van der Waals surface area contributed by atoms with E-state index in [2.05, 4.69) is 23.1 Å². The van der Waals surface area contributed by atoms with E-state index in [9.17, 15) is 24.2 Å². The van der Waals surface area contributed by atoms with Crippen LogP contribution < -0.4 is 5.73 Å². The van der Waals surface area contributed by atoms with Crippen molar-refractivity contribution in [1.29, 1.82) is 5.26 Å². The number of nitrogen functional groups attached to an aromatic ring is 1. The Morgan fingerprint density at radius 3 is 2.00 bits per heavy atom. The number of hydrogen-bond donors (Lipinski definition) is 1. The molecule has 1 aliphatic rings. The van der Waals surface area contributed by atoms with Crippen LogP contribution in [0.3, 0.4) is 0 Å². The van der Waals surface area contributed by atoms with Gasteiger partial charge in [-0.25, -0.2) is 23.4 Å². The lowest BCUT2D eigenvalue weighted by atomic mass is 9.92. The van der Waals surface area contributed by atoms with E-state index in [0.29, 0.717) is 25.2 Å². The molecule has 0 aromatic carbocycles. The zero-order valence-corrected chi connectivity index (χ0v) is 39.4. The summed E-state index contributed by atoms with van der Waals surface area (Å²) in [6.45, 7) is 11.1. The molecular formula is C44H72N5O13P. The minimum absolute atomic E-state index is 0.0746. The Morgan fingerprint density at radius 1 is 0.825 bits per heavy atom. The molecule has 0 radical (unpaired) electrons. The van der Waals surface area contributed by atoms with E-state index in [0.717, 1.165) is 19.3 Å². The zero-order chi connectivity index (χ0) is 46.3. The van der Waals surface area contributed by atoms with Crippen molar-refractivity contribution >= 4 is 37.3 Å². The molecule has 0 spiro atoms. The van der Waals surface area contributed by atoms with Crippen molar-refractivity contribution in [2.75, 3.05) is 39.0 Å². The number of anilines is 1. The van der Waals surface area contributed by atoms with Gasteiger partial charge in [-0.2, -0.15) is 10.4 Å². The second-order valence-corrected chi connectivity index (χ2v) is 18.3. The standard InChI is InChI=1S/C44H72N5O13P/c1-8-9-10-11-12-13-14-15-16-17-18-19-20-21-25-54-26-22-27-56-63(53,58-31-55-43(52)59-34(6)7)57-28-36-38(60-41(50)32(2)3)39(61-42(51)33(4)5)44(29-45,62-36)37-24-23-35-40(46)47-30-48-49(35)37/h23-24,30,32-34,36,38-39H,8-22,25-28,31H2,1-7H3,(H2,46,47,48)/t36-,38-,39-,44+,63-/m1/s1. The number of fused-ring (bicyclic) bond motifs is 1. The predicted octanol–water partition coefficient (Wildman–Crippen LogP) is 9.13. The van der Waals surface area contributed by atoms with Crippen molar-refractivity contribution in [3.05, 3.63) is 24.2 Å². The SMILES string of the molecule is CCCCCCCCCCCCCCCCOCCCO[P@@](=O)(OCOC(=O)OC(C)C)OC[C@H]1O[C@@](C#N)(c2ccc3c(N)ncnn23)[C@H](OC(=O)C(C)C)[C@@H]1OC(=O)C(C)C. The van der Waals surface area contributed by atoms with E-state index in [1.807, 2.05) is 0 Å². The molecule has 2 aromatic heterocycles. The molecule has 3 rings (SSSR count). The third kappa shape index (κ3) is 17.6. The number of phosphoric acid groups is 1. The summed E-state index contributed by atoms with van der Waals surface area (Å²) in [5.74, 6) is -2.65. The van der Waals surface area contributed by atoms with Crippen LogP contribution in [0, 0.1) is 23.2 Å². The average Bonchev–Trinajstić information content (AvgIpc) is 3.81. The number of nitrogens with zero attached hydrogens (tertiary/aromatic N) is 4. The van der Waals surface area contributed by atoms with Crippen LogP contribution in [0.25, 0.3) is 5.52 Å². The third-order valence-corrected chi connectivity index (χ3v) is 11.7.